The third kappa shape index (κ3) is 5.78. The molecule has 3 amide bonds. The normalized spacial score (nSPS) is 17.5. The molecule has 1 aromatic heterocycles. The van der Waals surface area contributed by atoms with Crippen molar-refractivity contribution in [2.75, 3.05) is 19.7 Å². The molecule has 0 bridgehead atoms. The predicted octanol–water partition coefficient (Wildman–Crippen LogP) is 3.43. The molecule has 1 unspecified atom stereocenters. The number of hydrogen-bond donors (Lipinski definition) is 2. The molecule has 1 fully saturated rings. The highest BCUT2D eigenvalue weighted by Gasteiger charge is 2.31. The summed E-state index contributed by atoms with van der Waals surface area (Å²) in [7, 11) is 0. The number of ether oxygens (including phenoxy) is 1. The molecule has 2 heterocycles. The summed E-state index contributed by atoms with van der Waals surface area (Å²) in [5, 5.41) is 5.23. The molecule has 32 heavy (non-hydrogen) atoms. The lowest BCUT2D eigenvalue weighted by Gasteiger charge is -2.34. The summed E-state index contributed by atoms with van der Waals surface area (Å²) in [6.45, 7) is 0.642. The van der Waals surface area contributed by atoms with Crippen LogP contribution in [0.25, 0.3) is 0 Å². The summed E-state index contributed by atoms with van der Waals surface area (Å²) >= 11 is 5.89. The summed E-state index contributed by atoms with van der Waals surface area (Å²) in [4.78, 5) is 30.0. The highest BCUT2D eigenvalue weighted by molar-refractivity contribution is 6.30. The number of benzene rings is 1. The monoisotopic (exact) mass is 474 g/mol. The van der Waals surface area contributed by atoms with Gasteiger partial charge in [0.2, 0.25) is 11.8 Å². The summed E-state index contributed by atoms with van der Waals surface area (Å²) < 4.78 is 55.3. The molecule has 0 radical (unpaired) electrons. The van der Waals surface area contributed by atoms with E-state index in [2.05, 4.69) is 20.4 Å². The van der Waals surface area contributed by atoms with E-state index in [1.807, 2.05) is 0 Å². The van der Waals surface area contributed by atoms with E-state index in [1.165, 1.54) is 35.4 Å². The van der Waals surface area contributed by atoms with E-state index < -0.39 is 36.7 Å². The van der Waals surface area contributed by atoms with Gasteiger partial charge in [-0.05, 0) is 36.2 Å². The van der Waals surface area contributed by atoms with E-state index in [4.69, 9.17) is 11.6 Å². The largest absolute Gasteiger partial charge is 0.468 e. The molecule has 2 aromatic rings. The molecule has 2 N–H and O–H groups in total. The Kier molecular flexibility index (Phi) is 7.07. The summed E-state index contributed by atoms with van der Waals surface area (Å²) in [6.07, 6.45) is -3.28. The molecule has 1 saturated heterocycles. The molecular weight excluding hydrogens is 456 g/mol. The Morgan fingerprint density at radius 1 is 1.34 bits per heavy atom. The quantitative estimate of drug-likeness (QED) is 0.650. The van der Waals surface area contributed by atoms with Gasteiger partial charge in [-0.3, -0.25) is 4.79 Å². The van der Waals surface area contributed by atoms with Gasteiger partial charge < -0.3 is 20.3 Å². The number of alkyl halides is 3. The molecule has 2 atom stereocenters. The Labute approximate surface area is 185 Å². The van der Waals surface area contributed by atoms with Crippen LogP contribution in [0.2, 0.25) is 5.02 Å². The Morgan fingerprint density at radius 3 is 2.69 bits per heavy atom. The zero-order chi connectivity index (χ0) is 23.5. The Hall–Kier alpha value is -3.08. The molecule has 7 nitrogen and oxygen atoms in total. The van der Waals surface area contributed by atoms with Crippen molar-refractivity contribution in [3.8, 4) is 5.88 Å². The van der Waals surface area contributed by atoms with Crippen molar-refractivity contribution in [1.82, 2.24) is 20.5 Å². The second-order valence-electron chi connectivity index (χ2n) is 7.05. The first-order valence-electron chi connectivity index (χ1n) is 9.50. The van der Waals surface area contributed by atoms with Crippen LogP contribution in [0.5, 0.6) is 5.88 Å². The first-order chi connectivity index (χ1) is 15.0. The highest BCUT2D eigenvalue weighted by atomic mass is 35.5. The minimum atomic E-state index is -4.51. The minimum Gasteiger partial charge on any atom is -0.468 e. The molecule has 1 aliphatic rings. The van der Waals surface area contributed by atoms with Crippen LogP contribution >= 0.6 is 11.6 Å². The van der Waals surface area contributed by atoms with Gasteiger partial charge in [0, 0.05) is 25.4 Å². The Morgan fingerprint density at radius 2 is 2.06 bits per heavy atom. The first-order valence-corrected chi connectivity index (χ1v) is 9.88. The lowest BCUT2D eigenvalue weighted by atomic mass is 10.00. The van der Waals surface area contributed by atoms with Crippen molar-refractivity contribution in [2.45, 2.75) is 25.2 Å². The fraction of sp³-hybridized carbons (Fsp3) is 0.350. The number of aromatic nitrogens is 1. The number of piperazine rings is 1. The Bertz CT molecular complexity index is 988. The van der Waals surface area contributed by atoms with Gasteiger partial charge in [0.1, 0.15) is 11.9 Å². The molecule has 3 rings (SSSR count). The van der Waals surface area contributed by atoms with Gasteiger partial charge in [-0.15, -0.1) is 0 Å². The van der Waals surface area contributed by atoms with Crippen LogP contribution in [0.1, 0.15) is 24.1 Å². The summed E-state index contributed by atoms with van der Waals surface area (Å²) in [5.41, 5.74) is 0.791. The van der Waals surface area contributed by atoms with E-state index in [-0.39, 0.29) is 29.9 Å². The Balaban J connectivity index is 1.86. The average Bonchev–Trinajstić information content (AvgIpc) is 2.74. The van der Waals surface area contributed by atoms with Crippen LogP contribution in [0.3, 0.4) is 0 Å². The third-order valence-corrected chi connectivity index (χ3v) is 5.07. The highest BCUT2D eigenvalue weighted by Crippen LogP contribution is 2.27. The van der Waals surface area contributed by atoms with Gasteiger partial charge in [-0.2, -0.15) is 13.2 Å². The number of urea groups is 1. The van der Waals surface area contributed by atoms with E-state index in [9.17, 15) is 27.2 Å². The van der Waals surface area contributed by atoms with Crippen LogP contribution in [0.4, 0.5) is 22.4 Å². The summed E-state index contributed by atoms with van der Waals surface area (Å²) in [6, 6.07) is 4.36. The van der Waals surface area contributed by atoms with Crippen molar-refractivity contribution in [2.24, 2.45) is 0 Å². The van der Waals surface area contributed by atoms with Crippen LogP contribution in [0, 0.1) is 5.82 Å². The smallest absolute Gasteiger partial charge is 0.422 e. The zero-order valence-electron chi connectivity index (χ0n) is 16.7. The second kappa shape index (κ2) is 9.60. The van der Waals surface area contributed by atoms with Gasteiger partial charge in [-0.1, -0.05) is 17.7 Å². The molecule has 1 aromatic carbocycles. The molecule has 12 heteroatoms. The number of carbonyl (C=O) groups excluding carboxylic acids is 2. The average molecular weight is 475 g/mol. The molecule has 0 spiro atoms. The van der Waals surface area contributed by atoms with E-state index in [0.717, 1.165) is 6.07 Å². The topological polar surface area (TPSA) is 83.6 Å². The van der Waals surface area contributed by atoms with Crippen molar-refractivity contribution in [3.63, 3.8) is 0 Å². The van der Waals surface area contributed by atoms with Gasteiger partial charge in [0.05, 0.1) is 11.1 Å². The van der Waals surface area contributed by atoms with Gasteiger partial charge in [-0.25, -0.2) is 14.2 Å². The number of pyridine rings is 1. The number of rotatable bonds is 5. The van der Waals surface area contributed by atoms with Crippen molar-refractivity contribution >= 4 is 23.5 Å². The fourth-order valence-corrected chi connectivity index (χ4v) is 3.31. The zero-order valence-corrected chi connectivity index (χ0v) is 17.5. The number of nitrogens with zero attached hydrogens (tertiary/aromatic N) is 2. The van der Waals surface area contributed by atoms with E-state index in [0.29, 0.717) is 11.1 Å². The fourth-order valence-electron chi connectivity index (χ4n) is 3.12. The maximum absolute atomic E-state index is 13.7. The number of amides is 3. The molecule has 1 aliphatic heterocycles. The number of hydrogen-bond acceptors (Lipinski definition) is 4. The first kappa shape index (κ1) is 23.6. The SMILES string of the molecule is C[C@@H]1C(=O)NCCN1C(=O)NC(c1ccc(OCC(F)(F)F)nc1)c1ccc(F)c(Cl)c1. The molecule has 0 saturated carbocycles. The minimum absolute atomic E-state index is 0.175. The van der Waals surface area contributed by atoms with E-state index in [1.54, 1.807) is 6.92 Å². The van der Waals surface area contributed by atoms with Gasteiger partial charge >= 0.3 is 12.2 Å². The van der Waals surface area contributed by atoms with Gasteiger partial charge in [0.25, 0.3) is 0 Å². The molecule has 172 valence electrons. The molecular formula is C20H19ClF4N4O3. The third-order valence-electron chi connectivity index (χ3n) is 4.78. The van der Waals surface area contributed by atoms with E-state index >= 15 is 0 Å². The second-order valence-corrected chi connectivity index (χ2v) is 7.46. The standard InChI is InChI=1S/C20H19ClF4N4O3/c1-11-18(30)26-6-7-29(11)19(31)28-17(12-2-4-15(22)14(21)8-12)13-3-5-16(27-9-13)32-10-20(23,24)25/h2-5,8-9,11,17H,6-7,10H2,1H3,(H,26,30)(H,28,31)/t11-,17?/m1/s1. The van der Waals surface area contributed by atoms with Crippen LogP contribution in [-0.2, 0) is 4.79 Å². The van der Waals surface area contributed by atoms with Crippen molar-refractivity contribution in [3.05, 3.63) is 58.5 Å². The van der Waals surface area contributed by atoms with Gasteiger partial charge in [0.15, 0.2) is 6.61 Å². The number of nitrogens with one attached hydrogen (secondary N) is 2. The van der Waals surface area contributed by atoms with Crippen LogP contribution < -0.4 is 15.4 Å². The lowest BCUT2D eigenvalue weighted by molar-refractivity contribution is -0.154. The number of carbonyl (C=O) groups is 2. The molecule has 0 aliphatic carbocycles. The maximum atomic E-state index is 13.7. The van der Waals surface area contributed by atoms with Crippen molar-refractivity contribution < 1.29 is 31.9 Å². The number of halogens is 5. The predicted molar refractivity (Wildman–Crippen MR) is 107 cm³/mol. The van der Waals surface area contributed by atoms with Crippen LogP contribution in [-0.4, -0.2) is 53.7 Å². The van der Waals surface area contributed by atoms with Crippen LogP contribution in [0.15, 0.2) is 36.5 Å². The lowest BCUT2D eigenvalue weighted by Crippen LogP contribution is -2.58. The summed E-state index contributed by atoms with van der Waals surface area (Å²) in [5.74, 6) is -1.22. The maximum Gasteiger partial charge on any atom is 0.422 e. The van der Waals surface area contributed by atoms with Crippen molar-refractivity contribution in [1.29, 1.82) is 0 Å².